The van der Waals surface area contributed by atoms with Crippen LogP contribution in [0.1, 0.15) is 25.5 Å². The largest absolute Gasteiger partial charge is 0.388 e. The van der Waals surface area contributed by atoms with Gasteiger partial charge in [0.05, 0.1) is 11.6 Å². The van der Waals surface area contributed by atoms with Gasteiger partial charge in [-0.3, -0.25) is 4.90 Å². The summed E-state index contributed by atoms with van der Waals surface area (Å²) in [5.41, 5.74) is 0.473. The van der Waals surface area contributed by atoms with Crippen molar-refractivity contribution in [1.82, 2.24) is 10.2 Å². The monoisotopic (exact) mass is 234 g/mol. The Kier molecular flexibility index (Phi) is 3.82. The fourth-order valence-corrected chi connectivity index (χ4v) is 2.64. The molecule has 0 amide bonds. The molecule has 1 saturated heterocycles. The molecule has 1 aliphatic rings. The number of nitrogens with one attached hydrogen (secondary N) is 1. The van der Waals surface area contributed by atoms with E-state index in [4.69, 9.17) is 0 Å². The van der Waals surface area contributed by atoms with Gasteiger partial charge in [0.25, 0.3) is 0 Å². The van der Waals surface area contributed by atoms with Crippen molar-refractivity contribution in [3.05, 3.63) is 35.9 Å². The van der Waals surface area contributed by atoms with Gasteiger partial charge >= 0.3 is 0 Å². The average Bonchev–Trinajstić information content (AvgIpc) is 2.30. The van der Waals surface area contributed by atoms with E-state index in [2.05, 4.69) is 22.3 Å². The number of hydrogen-bond donors (Lipinski definition) is 2. The molecule has 0 aromatic heterocycles. The van der Waals surface area contributed by atoms with Gasteiger partial charge in [-0.25, -0.2) is 0 Å². The van der Waals surface area contributed by atoms with Gasteiger partial charge in [-0.05, 0) is 19.4 Å². The van der Waals surface area contributed by atoms with Crippen LogP contribution in [0.2, 0.25) is 0 Å². The Morgan fingerprint density at radius 1 is 1.18 bits per heavy atom. The molecular formula is C14H22N2O. The minimum atomic E-state index is -0.724. The molecule has 1 fully saturated rings. The molecule has 0 saturated carbocycles. The van der Waals surface area contributed by atoms with Crippen LogP contribution in [0.25, 0.3) is 0 Å². The van der Waals surface area contributed by atoms with Gasteiger partial charge in [0.15, 0.2) is 0 Å². The number of piperazine rings is 1. The van der Waals surface area contributed by atoms with Crippen LogP contribution in [0.5, 0.6) is 0 Å². The first-order valence-electron chi connectivity index (χ1n) is 6.31. The van der Waals surface area contributed by atoms with Crippen molar-refractivity contribution in [2.75, 3.05) is 26.2 Å². The number of nitrogens with zero attached hydrogens (tertiary/aromatic N) is 1. The van der Waals surface area contributed by atoms with Gasteiger partial charge in [-0.15, -0.1) is 0 Å². The summed E-state index contributed by atoms with van der Waals surface area (Å²) in [7, 11) is 0. The highest BCUT2D eigenvalue weighted by Gasteiger charge is 2.33. The van der Waals surface area contributed by atoms with Crippen LogP contribution in [-0.4, -0.2) is 41.8 Å². The third kappa shape index (κ3) is 3.06. The molecule has 0 aliphatic carbocycles. The Balaban J connectivity index is 2.25. The zero-order valence-electron chi connectivity index (χ0n) is 10.7. The Morgan fingerprint density at radius 2 is 1.76 bits per heavy atom. The van der Waals surface area contributed by atoms with Crippen LogP contribution in [-0.2, 0) is 0 Å². The lowest BCUT2D eigenvalue weighted by atomic mass is 9.90. The highest BCUT2D eigenvalue weighted by molar-refractivity contribution is 5.22. The normalized spacial score (nSPS) is 20.2. The van der Waals surface area contributed by atoms with E-state index in [9.17, 15) is 5.11 Å². The van der Waals surface area contributed by atoms with Crippen LogP contribution < -0.4 is 5.32 Å². The summed E-state index contributed by atoms with van der Waals surface area (Å²) < 4.78 is 0. The molecule has 1 atom stereocenters. The highest BCUT2D eigenvalue weighted by atomic mass is 16.3. The molecule has 1 aromatic carbocycles. The van der Waals surface area contributed by atoms with Gasteiger partial charge in [-0.2, -0.15) is 0 Å². The molecule has 1 aliphatic heterocycles. The van der Waals surface area contributed by atoms with Gasteiger partial charge < -0.3 is 10.4 Å². The average molecular weight is 234 g/mol. The fraction of sp³-hybridized carbons (Fsp3) is 0.571. The zero-order chi connectivity index (χ0) is 12.3. The maximum absolute atomic E-state index is 10.4. The molecule has 17 heavy (non-hydrogen) atoms. The van der Waals surface area contributed by atoms with Crippen molar-refractivity contribution in [1.29, 1.82) is 0 Å². The molecule has 3 heteroatoms. The molecule has 1 unspecified atom stereocenters. The van der Waals surface area contributed by atoms with Crippen molar-refractivity contribution < 1.29 is 5.11 Å². The van der Waals surface area contributed by atoms with Crippen molar-refractivity contribution >= 4 is 0 Å². The summed E-state index contributed by atoms with van der Waals surface area (Å²) in [6.07, 6.45) is 0. The van der Waals surface area contributed by atoms with E-state index < -0.39 is 5.60 Å². The zero-order valence-corrected chi connectivity index (χ0v) is 10.7. The van der Waals surface area contributed by atoms with E-state index in [-0.39, 0.29) is 6.04 Å². The van der Waals surface area contributed by atoms with Crippen LogP contribution in [0, 0.1) is 0 Å². The molecule has 1 heterocycles. The van der Waals surface area contributed by atoms with Crippen LogP contribution in [0.15, 0.2) is 30.3 Å². The van der Waals surface area contributed by atoms with E-state index in [1.165, 1.54) is 5.56 Å². The first kappa shape index (κ1) is 12.6. The first-order valence-corrected chi connectivity index (χ1v) is 6.31. The molecule has 94 valence electrons. The quantitative estimate of drug-likeness (QED) is 0.830. The Bertz CT molecular complexity index is 339. The lowest BCUT2D eigenvalue weighted by Gasteiger charge is -2.41. The van der Waals surface area contributed by atoms with Crippen LogP contribution in [0.3, 0.4) is 0 Å². The maximum atomic E-state index is 10.4. The number of aliphatic hydroxyl groups is 1. The molecule has 0 radical (unpaired) electrons. The molecule has 3 nitrogen and oxygen atoms in total. The van der Waals surface area contributed by atoms with Crippen LogP contribution in [0.4, 0.5) is 0 Å². The molecule has 0 spiro atoms. The van der Waals surface area contributed by atoms with Gasteiger partial charge in [0.1, 0.15) is 0 Å². The van der Waals surface area contributed by atoms with Gasteiger partial charge in [0, 0.05) is 26.2 Å². The summed E-state index contributed by atoms with van der Waals surface area (Å²) in [6.45, 7) is 7.77. The Labute approximate surface area is 103 Å². The SMILES string of the molecule is CC(C)(O)C(c1ccccc1)N1CCNCC1. The van der Waals surface area contributed by atoms with Crippen molar-refractivity contribution in [2.24, 2.45) is 0 Å². The van der Waals surface area contributed by atoms with E-state index in [0.717, 1.165) is 26.2 Å². The second-order valence-electron chi connectivity index (χ2n) is 5.25. The van der Waals surface area contributed by atoms with Crippen LogP contribution >= 0.6 is 0 Å². The lowest BCUT2D eigenvalue weighted by Crippen LogP contribution is -2.50. The lowest BCUT2D eigenvalue weighted by molar-refractivity contribution is -0.0256. The number of hydrogen-bond acceptors (Lipinski definition) is 3. The smallest absolute Gasteiger partial charge is 0.0787 e. The predicted octanol–water partition coefficient (Wildman–Crippen LogP) is 1.40. The molecule has 1 aromatic rings. The van der Waals surface area contributed by atoms with E-state index >= 15 is 0 Å². The Morgan fingerprint density at radius 3 is 2.29 bits per heavy atom. The second-order valence-corrected chi connectivity index (χ2v) is 5.25. The molecule has 0 bridgehead atoms. The number of benzene rings is 1. The van der Waals surface area contributed by atoms with Gasteiger partial charge in [-0.1, -0.05) is 30.3 Å². The van der Waals surface area contributed by atoms with Gasteiger partial charge in [0.2, 0.25) is 0 Å². The standard InChI is InChI=1S/C14H22N2O/c1-14(2,17)13(12-6-4-3-5-7-12)16-10-8-15-9-11-16/h3-7,13,15,17H,8-11H2,1-2H3. The number of rotatable bonds is 3. The maximum Gasteiger partial charge on any atom is 0.0787 e. The van der Waals surface area contributed by atoms with E-state index in [1.807, 2.05) is 32.0 Å². The second kappa shape index (κ2) is 5.17. The van der Waals surface area contributed by atoms with E-state index in [1.54, 1.807) is 0 Å². The van der Waals surface area contributed by atoms with Crippen molar-refractivity contribution in [2.45, 2.75) is 25.5 Å². The minimum absolute atomic E-state index is 0.0748. The summed E-state index contributed by atoms with van der Waals surface area (Å²) in [5.74, 6) is 0. The Hall–Kier alpha value is -0.900. The van der Waals surface area contributed by atoms with E-state index in [0.29, 0.717) is 0 Å². The van der Waals surface area contributed by atoms with Crippen molar-refractivity contribution in [3.8, 4) is 0 Å². The minimum Gasteiger partial charge on any atom is -0.388 e. The molecular weight excluding hydrogens is 212 g/mol. The summed E-state index contributed by atoms with van der Waals surface area (Å²) in [4.78, 5) is 2.37. The predicted molar refractivity (Wildman–Crippen MR) is 69.9 cm³/mol. The molecule has 2 rings (SSSR count). The fourth-order valence-electron chi connectivity index (χ4n) is 2.64. The summed E-state index contributed by atoms with van der Waals surface area (Å²) >= 11 is 0. The summed E-state index contributed by atoms with van der Waals surface area (Å²) in [6, 6.07) is 10.4. The first-order chi connectivity index (χ1) is 8.09. The highest BCUT2D eigenvalue weighted by Crippen LogP contribution is 2.31. The van der Waals surface area contributed by atoms with Crippen molar-refractivity contribution in [3.63, 3.8) is 0 Å². The topological polar surface area (TPSA) is 35.5 Å². The molecule has 2 N–H and O–H groups in total. The third-order valence-electron chi connectivity index (χ3n) is 3.30. The summed E-state index contributed by atoms with van der Waals surface area (Å²) in [5, 5.41) is 13.8. The third-order valence-corrected chi connectivity index (χ3v) is 3.30.